The van der Waals surface area contributed by atoms with Crippen molar-refractivity contribution in [2.24, 2.45) is 10.9 Å². The number of nitrogens with zero attached hydrogens (tertiary/aromatic N) is 3. The van der Waals surface area contributed by atoms with Gasteiger partial charge in [-0.15, -0.1) is 0 Å². The Labute approximate surface area is 158 Å². The molecule has 1 unspecified atom stereocenters. The molecule has 1 aliphatic heterocycles. The zero-order chi connectivity index (χ0) is 19.1. The van der Waals surface area contributed by atoms with E-state index in [4.69, 9.17) is 0 Å². The molecule has 1 aromatic carbocycles. The van der Waals surface area contributed by atoms with Gasteiger partial charge in [0, 0.05) is 63.3 Å². The van der Waals surface area contributed by atoms with Crippen molar-refractivity contribution in [3.8, 4) is 0 Å². The van der Waals surface area contributed by atoms with Gasteiger partial charge in [-0.1, -0.05) is 6.07 Å². The topological polar surface area (TPSA) is 52.6 Å². The van der Waals surface area contributed by atoms with Gasteiger partial charge in [0.05, 0.1) is 0 Å². The van der Waals surface area contributed by atoms with E-state index in [0.717, 1.165) is 56.4 Å². The molecule has 1 aromatic heterocycles. The lowest BCUT2D eigenvalue weighted by Crippen LogP contribution is -2.41. The van der Waals surface area contributed by atoms with Gasteiger partial charge in [0.25, 0.3) is 0 Å². The van der Waals surface area contributed by atoms with Crippen LogP contribution in [0.4, 0.5) is 14.5 Å². The molecule has 1 atom stereocenters. The summed E-state index contributed by atoms with van der Waals surface area (Å²) in [6.45, 7) is 3.18. The van der Waals surface area contributed by atoms with E-state index in [9.17, 15) is 8.78 Å². The SMILES string of the molecule is CN=C(NCCc1ccccn1)NCC1CCN(c2ccc(F)c(F)c2)C1. The van der Waals surface area contributed by atoms with Crippen LogP contribution in [0.5, 0.6) is 0 Å². The molecular weight excluding hydrogens is 348 g/mol. The van der Waals surface area contributed by atoms with Crippen molar-refractivity contribution in [1.82, 2.24) is 15.6 Å². The van der Waals surface area contributed by atoms with Gasteiger partial charge in [-0.05, 0) is 36.6 Å². The minimum Gasteiger partial charge on any atom is -0.371 e. The normalized spacial score (nSPS) is 17.2. The first-order valence-electron chi connectivity index (χ1n) is 9.20. The number of hydrogen-bond acceptors (Lipinski definition) is 3. The molecule has 2 heterocycles. The Morgan fingerprint density at radius 2 is 2.11 bits per heavy atom. The number of hydrogen-bond donors (Lipinski definition) is 2. The highest BCUT2D eigenvalue weighted by molar-refractivity contribution is 5.79. The predicted octanol–water partition coefficient (Wildman–Crippen LogP) is 2.59. The van der Waals surface area contributed by atoms with Crippen molar-refractivity contribution < 1.29 is 8.78 Å². The third-order valence-electron chi connectivity index (χ3n) is 4.74. The Hall–Kier alpha value is -2.70. The summed E-state index contributed by atoms with van der Waals surface area (Å²) in [6, 6.07) is 9.97. The van der Waals surface area contributed by atoms with Crippen molar-refractivity contribution in [3.05, 3.63) is 59.9 Å². The minimum atomic E-state index is -0.809. The molecule has 5 nitrogen and oxygen atoms in total. The molecule has 27 heavy (non-hydrogen) atoms. The molecule has 0 spiro atoms. The summed E-state index contributed by atoms with van der Waals surface area (Å²) in [6.07, 6.45) is 3.62. The van der Waals surface area contributed by atoms with Crippen LogP contribution in [0.1, 0.15) is 12.1 Å². The summed E-state index contributed by atoms with van der Waals surface area (Å²) in [5.41, 5.74) is 1.77. The van der Waals surface area contributed by atoms with Crippen LogP contribution in [0, 0.1) is 17.6 Å². The number of benzene rings is 1. The van der Waals surface area contributed by atoms with E-state index in [1.54, 1.807) is 19.3 Å². The third kappa shape index (κ3) is 5.39. The van der Waals surface area contributed by atoms with Crippen LogP contribution in [0.25, 0.3) is 0 Å². The monoisotopic (exact) mass is 373 g/mol. The Balaban J connectivity index is 1.42. The molecule has 7 heteroatoms. The van der Waals surface area contributed by atoms with E-state index in [1.807, 2.05) is 18.2 Å². The molecule has 144 valence electrons. The molecule has 3 rings (SSSR count). The van der Waals surface area contributed by atoms with Crippen molar-refractivity contribution >= 4 is 11.6 Å². The van der Waals surface area contributed by atoms with Crippen LogP contribution >= 0.6 is 0 Å². The molecule has 0 aliphatic carbocycles. The summed E-state index contributed by atoms with van der Waals surface area (Å²) < 4.78 is 26.5. The molecule has 2 N–H and O–H groups in total. The highest BCUT2D eigenvalue weighted by Gasteiger charge is 2.23. The summed E-state index contributed by atoms with van der Waals surface area (Å²) in [5, 5.41) is 6.64. The Morgan fingerprint density at radius 3 is 2.85 bits per heavy atom. The first-order chi connectivity index (χ1) is 13.2. The molecule has 2 aromatic rings. The number of nitrogens with one attached hydrogen (secondary N) is 2. The molecule has 1 saturated heterocycles. The Morgan fingerprint density at radius 1 is 1.22 bits per heavy atom. The van der Waals surface area contributed by atoms with Gasteiger partial charge in [-0.25, -0.2) is 8.78 Å². The Kier molecular flexibility index (Phi) is 6.57. The van der Waals surface area contributed by atoms with Gasteiger partial charge in [0.1, 0.15) is 0 Å². The predicted molar refractivity (Wildman–Crippen MR) is 104 cm³/mol. The fraction of sp³-hybridized carbons (Fsp3) is 0.400. The van der Waals surface area contributed by atoms with Crippen LogP contribution in [0.15, 0.2) is 47.6 Å². The van der Waals surface area contributed by atoms with E-state index in [0.29, 0.717) is 5.92 Å². The van der Waals surface area contributed by atoms with Gasteiger partial charge < -0.3 is 15.5 Å². The second-order valence-corrected chi connectivity index (χ2v) is 6.65. The van der Waals surface area contributed by atoms with E-state index in [1.165, 1.54) is 12.1 Å². The van der Waals surface area contributed by atoms with Crippen LogP contribution in [0.2, 0.25) is 0 Å². The smallest absolute Gasteiger partial charge is 0.190 e. The second kappa shape index (κ2) is 9.30. The molecule has 0 radical (unpaired) electrons. The molecule has 0 saturated carbocycles. The van der Waals surface area contributed by atoms with Crippen molar-refractivity contribution in [3.63, 3.8) is 0 Å². The fourth-order valence-corrected chi connectivity index (χ4v) is 3.23. The van der Waals surface area contributed by atoms with Crippen LogP contribution in [-0.4, -0.2) is 44.2 Å². The highest BCUT2D eigenvalue weighted by Crippen LogP contribution is 2.24. The van der Waals surface area contributed by atoms with Gasteiger partial charge in [-0.3, -0.25) is 9.98 Å². The number of guanidine groups is 1. The van der Waals surface area contributed by atoms with Crippen molar-refractivity contribution in [1.29, 1.82) is 0 Å². The molecule has 1 fully saturated rings. The Bertz CT molecular complexity index is 766. The number of aliphatic imine (C=N–C) groups is 1. The summed E-state index contributed by atoms with van der Waals surface area (Å²) >= 11 is 0. The molecular formula is C20H25F2N5. The van der Waals surface area contributed by atoms with E-state index in [2.05, 4.69) is 25.5 Å². The minimum absolute atomic E-state index is 0.424. The van der Waals surface area contributed by atoms with E-state index in [-0.39, 0.29) is 0 Å². The summed E-state index contributed by atoms with van der Waals surface area (Å²) in [4.78, 5) is 10.6. The zero-order valence-corrected chi connectivity index (χ0v) is 15.5. The van der Waals surface area contributed by atoms with Crippen LogP contribution in [0.3, 0.4) is 0 Å². The largest absolute Gasteiger partial charge is 0.371 e. The summed E-state index contributed by atoms with van der Waals surface area (Å²) in [7, 11) is 1.75. The molecule has 0 bridgehead atoms. The molecule has 1 aliphatic rings. The zero-order valence-electron chi connectivity index (χ0n) is 15.5. The summed E-state index contributed by atoms with van der Waals surface area (Å²) in [5.74, 6) is -0.423. The highest BCUT2D eigenvalue weighted by atomic mass is 19.2. The average Bonchev–Trinajstić information content (AvgIpc) is 3.16. The lowest BCUT2D eigenvalue weighted by atomic mass is 10.1. The van der Waals surface area contributed by atoms with E-state index < -0.39 is 11.6 Å². The average molecular weight is 373 g/mol. The van der Waals surface area contributed by atoms with Crippen LogP contribution < -0.4 is 15.5 Å². The second-order valence-electron chi connectivity index (χ2n) is 6.65. The third-order valence-corrected chi connectivity index (χ3v) is 4.74. The number of aromatic nitrogens is 1. The quantitative estimate of drug-likeness (QED) is 0.604. The number of anilines is 1. The van der Waals surface area contributed by atoms with Crippen molar-refractivity contribution in [2.75, 3.05) is 38.1 Å². The molecule has 0 amide bonds. The van der Waals surface area contributed by atoms with Gasteiger partial charge in [0.2, 0.25) is 0 Å². The lowest BCUT2D eigenvalue weighted by molar-refractivity contribution is 0.508. The fourth-order valence-electron chi connectivity index (χ4n) is 3.23. The maximum absolute atomic E-state index is 13.4. The van der Waals surface area contributed by atoms with E-state index >= 15 is 0 Å². The maximum Gasteiger partial charge on any atom is 0.190 e. The van der Waals surface area contributed by atoms with Gasteiger partial charge in [-0.2, -0.15) is 0 Å². The van der Waals surface area contributed by atoms with Gasteiger partial charge >= 0.3 is 0 Å². The van der Waals surface area contributed by atoms with Crippen molar-refractivity contribution in [2.45, 2.75) is 12.8 Å². The number of halogens is 2. The first-order valence-corrected chi connectivity index (χ1v) is 9.20. The standard InChI is InChI=1S/C20H25F2N5/c1-23-20(25-10-7-16-4-2-3-9-24-16)26-13-15-8-11-27(14-15)17-5-6-18(21)19(22)12-17/h2-6,9,12,15H,7-8,10-11,13-14H2,1H3,(H2,23,25,26). The maximum atomic E-state index is 13.4. The van der Waals surface area contributed by atoms with Gasteiger partial charge in [0.15, 0.2) is 17.6 Å². The number of pyridine rings is 1. The number of rotatable bonds is 6. The first kappa shape index (κ1) is 19.1. The van der Waals surface area contributed by atoms with Crippen LogP contribution in [-0.2, 0) is 6.42 Å². The lowest BCUT2D eigenvalue weighted by Gasteiger charge is -2.19.